The predicted molar refractivity (Wildman–Crippen MR) is 107 cm³/mol. The average Bonchev–Trinajstić information content (AvgIpc) is 3.10. The van der Waals surface area contributed by atoms with Crippen molar-refractivity contribution >= 4 is 18.1 Å². The van der Waals surface area contributed by atoms with Gasteiger partial charge in [-0.2, -0.15) is 0 Å². The van der Waals surface area contributed by atoms with Gasteiger partial charge in [-0.25, -0.2) is 0 Å². The molecule has 4 heteroatoms. The Morgan fingerprint density at radius 3 is 2.58 bits per heavy atom. The van der Waals surface area contributed by atoms with Gasteiger partial charge in [0.25, 0.3) is 0 Å². The van der Waals surface area contributed by atoms with Gasteiger partial charge in [0.1, 0.15) is 11.5 Å². The lowest BCUT2D eigenvalue weighted by Gasteiger charge is -2.00. The summed E-state index contributed by atoms with van der Waals surface area (Å²) in [5.41, 5.74) is 0. The second kappa shape index (κ2) is 14.1. The number of carbonyl (C=O) groups is 1. The first-order valence-corrected chi connectivity index (χ1v) is 9.50. The molecule has 0 aliphatic carbocycles. The van der Waals surface area contributed by atoms with Gasteiger partial charge in [-0.15, -0.1) is 0 Å². The fourth-order valence-electron chi connectivity index (χ4n) is 2.36. The molecule has 0 saturated heterocycles. The van der Waals surface area contributed by atoms with Crippen molar-refractivity contribution in [3.8, 4) is 0 Å². The molecule has 144 valence electrons. The van der Waals surface area contributed by atoms with E-state index in [1.807, 2.05) is 30.4 Å². The lowest BCUT2D eigenvalue weighted by atomic mass is 10.1. The molecule has 0 spiro atoms. The Labute approximate surface area is 157 Å². The zero-order chi connectivity index (χ0) is 19.0. The number of unbranched alkanes of at least 4 members (excludes halogenated alkanes) is 4. The molecular weight excluding hydrogens is 328 g/mol. The maximum atomic E-state index is 11.0. The van der Waals surface area contributed by atoms with E-state index in [0.29, 0.717) is 18.6 Å². The Kier molecular flexibility index (Phi) is 11.9. The summed E-state index contributed by atoms with van der Waals surface area (Å²) in [4.78, 5) is 11.0. The molecular formula is C22H32O4. The monoisotopic (exact) mass is 360 g/mol. The molecule has 0 aliphatic heterocycles. The van der Waals surface area contributed by atoms with Gasteiger partial charge in [-0.05, 0) is 56.4 Å². The first kappa shape index (κ1) is 22.0. The summed E-state index contributed by atoms with van der Waals surface area (Å²) in [7, 11) is 1.40. The van der Waals surface area contributed by atoms with Crippen LogP contribution in [0.3, 0.4) is 0 Å². The topological polar surface area (TPSA) is 59.7 Å². The summed E-state index contributed by atoms with van der Waals surface area (Å²) in [5.74, 6) is 1.29. The second-order valence-electron chi connectivity index (χ2n) is 6.24. The van der Waals surface area contributed by atoms with Gasteiger partial charge in [0, 0.05) is 6.42 Å². The van der Waals surface area contributed by atoms with Crippen LogP contribution in [0.1, 0.15) is 69.8 Å². The summed E-state index contributed by atoms with van der Waals surface area (Å²) in [6.07, 6.45) is 18.5. The maximum Gasteiger partial charge on any atom is 0.305 e. The highest BCUT2D eigenvalue weighted by Gasteiger charge is 2.00. The number of aliphatic hydroxyl groups excluding tert-OH is 1. The third-order valence-electron chi connectivity index (χ3n) is 3.91. The molecule has 0 bridgehead atoms. The molecule has 0 amide bonds. The SMILES string of the molecule is CCCCC/C=C\CC(O)/C=C/c1ccc(C=CCCCC(=O)OC)o1. The highest BCUT2D eigenvalue weighted by atomic mass is 16.5. The average molecular weight is 360 g/mol. The van der Waals surface area contributed by atoms with E-state index in [2.05, 4.69) is 17.7 Å². The summed E-state index contributed by atoms with van der Waals surface area (Å²) < 4.78 is 10.3. The molecule has 4 nitrogen and oxygen atoms in total. The molecule has 1 rings (SSSR count). The highest BCUT2D eigenvalue weighted by molar-refractivity contribution is 5.69. The van der Waals surface area contributed by atoms with E-state index >= 15 is 0 Å². The van der Waals surface area contributed by atoms with Crippen molar-refractivity contribution in [2.75, 3.05) is 7.11 Å². The van der Waals surface area contributed by atoms with Crippen LogP contribution in [0, 0.1) is 0 Å². The van der Waals surface area contributed by atoms with Crippen LogP contribution in [0.2, 0.25) is 0 Å². The molecule has 1 aromatic heterocycles. The van der Waals surface area contributed by atoms with E-state index in [4.69, 9.17) is 4.42 Å². The van der Waals surface area contributed by atoms with Crippen LogP contribution >= 0.6 is 0 Å². The third-order valence-corrected chi connectivity index (χ3v) is 3.91. The standard InChI is InChI=1S/C22H32O4/c1-3-4-5-6-7-9-12-19(23)15-16-21-18-17-20(26-21)13-10-8-11-14-22(24)25-2/h7,9-10,13,15-19,23H,3-6,8,11-12,14H2,1-2H3/b9-7-,13-10?,16-15+. The fraction of sp³-hybridized carbons (Fsp3) is 0.500. The minimum Gasteiger partial charge on any atom is -0.469 e. The van der Waals surface area contributed by atoms with E-state index in [1.165, 1.54) is 26.4 Å². The predicted octanol–water partition coefficient (Wildman–Crippen LogP) is 5.54. The van der Waals surface area contributed by atoms with Crippen LogP contribution in [0.25, 0.3) is 12.2 Å². The third kappa shape index (κ3) is 10.7. The van der Waals surface area contributed by atoms with Crippen molar-refractivity contribution < 1.29 is 19.1 Å². The molecule has 1 unspecified atom stereocenters. The Bertz CT molecular complexity index is 581. The first-order valence-electron chi connectivity index (χ1n) is 9.50. The largest absolute Gasteiger partial charge is 0.469 e. The highest BCUT2D eigenvalue weighted by Crippen LogP contribution is 2.13. The second-order valence-corrected chi connectivity index (χ2v) is 6.24. The Morgan fingerprint density at radius 1 is 1.12 bits per heavy atom. The zero-order valence-electron chi connectivity index (χ0n) is 16.0. The summed E-state index contributed by atoms with van der Waals surface area (Å²) in [6.45, 7) is 2.19. The minimum absolute atomic E-state index is 0.182. The minimum atomic E-state index is -0.500. The molecule has 0 saturated carbocycles. The van der Waals surface area contributed by atoms with Crippen LogP contribution in [0.5, 0.6) is 0 Å². The normalized spacial score (nSPS) is 13.2. The molecule has 0 aromatic carbocycles. The van der Waals surface area contributed by atoms with Crippen LogP contribution in [-0.2, 0) is 9.53 Å². The quantitative estimate of drug-likeness (QED) is 0.285. The molecule has 0 aliphatic rings. The lowest BCUT2D eigenvalue weighted by Crippen LogP contribution is -1.98. The van der Waals surface area contributed by atoms with Crippen molar-refractivity contribution in [1.82, 2.24) is 0 Å². The Hall–Kier alpha value is -2.07. The summed E-state index contributed by atoms with van der Waals surface area (Å²) in [6, 6.07) is 3.76. The van der Waals surface area contributed by atoms with E-state index in [0.717, 1.165) is 25.0 Å². The number of hydrogen-bond acceptors (Lipinski definition) is 4. The van der Waals surface area contributed by atoms with Gasteiger partial charge < -0.3 is 14.3 Å². The molecule has 26 heavy (non-hydrogen) atoms. The Morgan fingerprint density at radius 2 is 1.85 bits per heavy atom. The number of esters is 1. The number of methoxy groups -OCH3 is 1. The van der Waals surface area contributed by atoms with Crippen molar-refractivity contribution in [1.29, 1.82) is 0 Å². The molecule has 1 aromatic rings. The molecule has 0 radical (unpaired) electrons. The van der Waals surface area contributed by atoms with Gasteiger partial charge in [0.05, 0.1) is 13.2 Å². The van der Waals surface area contributed by atoms with Crippen molar-refractivity contribution in [2.45, 2.75) is 64.4 Å². The van der Waals surface area contributed by atoms with E-state index in [-0.39, 0.29) is 5.97 Å². The van der Waals surface area contributed by atoms with Gasteiger partial charge in [0.2, 0.25) is 0 Å². The number of allylic oxidation sites excluding steroid dienone is 2. The van der Waals surface area contributed by atoms with Gasteiger partial charge in [0.15, 0.2) is 0 Å². The molecule has 1 N–H and O–H groups in total. The van der Waals surface area contributed by atoms with E-state index in [9.17, 15) is 9.90 Å². The Balaban J connectivity index is 2.29. The maximum absolute atomic E-state index is 11.0. The van der Waals surface area contributed by atoms with Gasteiger partial charge >= 0.3 is 5.97 Å². The number of rotatable bonds is 13. The zero-order valence-corrected chi connectivity index (χ0v) is 16.0. The van der Waals surface area contributed by atoms with Crippen molar-refractivity contribution in [3.63, 3.8) is 0 Å². The van der Waals surface area contributed by atoms with Crippen LogP contribution < -0.4 is 0 Å². The molecule has 0 fully saturated rings. The number of hydrogen-bond donors (Lipinski definition) is 1. The summed E-state index contributed by atoms with van der Waals surface area (Å²) >= 11 is 0. The van der Waals surface area contributed by atoms with E-state index < -0.39 is 6.10 Å². The lowest BCUT2D eigenvalue weighted by molar-refractivity contribution is -0.140. The van der Waals surface area contributed by atoms with Crippen molar-refractivity contribution in [3.05, 3.63) is 48.0 Å². The molecule has 1 atom stereocenters. The van der Waals surface area contributed by atoms with Crippen LogP contribution in [-0.4, -0.2) is 24.3 Å². The number of ether oxygens (including phenoxy) is 1. The van der Waals surface area contributed by atoms with Gasteiger partial charge in [-0.3, -0.25) is 4.79 Å². The molecule has 1 heterocycles. The number of carbonyl (C=O) groups excluding carboxylic acids is 1. The number of aliphatic hydroxyl groups is 1. The summed E-state index contributed by atoms with van der Waals surface area (Å²) in [5, 5.41) is 9.95. The van der Waals surface area contributed by atoms with Gasteiger partial charge in [-0.1, -0.05) is 44.1 Å². The smallest absolute Gasteiger partial charge is 0.305 e. The number of furan rings is 1. The fourth-order valence-corrected chi connectivity index (χ4v) is 2.36. The van der Waals surface area contributed by atoms with Crippen molar-refractivity contribution in [2.24, 2.45) is 0 Å². The first-order chi connectivity index (χ1) is 12.7. The van der Waals surface area contributed by atoms with Crippen LogP contribution in [0.4, 0.5) is 0 Å². The van der Waals surface area contributed by atoms with E-state index in [1.54, 1.807) is 12.2 Å². The van der Waals surface area contributed by atoms with Crippen LogP contribution in [0.15, 0.2) is 40.9 Å².